The second-order valence-corrected chi connectivity index (χ2v) is 6.12. The minimum absolute atomic E-state index is 0.283. The van der Waals surface area contributed by atoms with Gasteiger partial charge in [0.1, 0.15) is 23.6 Å². The molecule has 0 spiro atoms. The molecular weight excluding hydrogens is 340 g/mol. The Hall–Kier alpha value is -3.41. The van der Waals surface area contributed by atoms with Crippen LogP contribution in [0.4, 0.5) is 17.2 Å². The second kappa shape index (κ2) is 8.31. The van der Waals surface area contributed by atoms with E-state index in [0.717, 1.165) is 11.4 Å². The number of rotatable bonds is 6. The van der Waals surface area contributed by atoms with Crippen LogP contribution in [0.25, 0.3) is 0 Å². The molecule has 0 saturated heterocycles. The molecule has 0 aliphatic rings. The predicted molar refractivity (Wildman–Crippen MR) is 107 cm³/mol. The Bertz CT molecular complexity index is 939. The van der Waals surface area contributed by atoms with Gasteiger partial charge in [-0.2, -0.15) is 0 Å². The van der Waals surface area contributed by atoms with Crippen LogP contribution in [-0.4, -0.2) is 22.5 Å². The number of hydrogen-bond acceptors (Lipinski definition) is 5. The first-order chi connectivity index (χ1) is 13.0. The highest BCUT2D eigenvalue weighted by Crippen LogP contribution is 2.19. The van der Waals surface area contributed by atoms with E-state index >= 15 is 0 Å². The maximum Gasteiger partial charge on any atom is 0.274 e. The van der Waals surface area contributed by atoms with Gasteiger partial charge in [0.2, 0.25) is 0 Å². The molecule has 3 aromatic rings. The largest absolute Gasteiger partial charge is 0.494 e. The molecule has 3 rings (SSSR count). The predicted octanol–water partition coefficient (Wildman–Crippen LogP) is 4.49. The monoisotopic (exact) mass is 362 g/mol. The van der Waals surface area contributed by atoms with Gasteiger partial charge in [-0.1, -0.05) is 6.07 Å². The van der Waals surface area contributed by atoms with Crippen molar-refractivity contribution in [1.82, 2.24) is 9.97 Å². The highest BCUT2D eigenvalue weighted by Gasteiger charge is 2.10. The van der Waals surface area contributed by atoms with Crippen molar-refractivity contribution in [1.29, 1.82) is 0 Å². The van der Waals surface area contributed by atoms with Crippen LogP contribution in [0.3, 0.4) is 0 Å². The smallest absolute Gasteiger partial charge is 0.274 e. The lowest BCUT2D eigenvalue weighted by Gasteiger charge is -2.09. The summed E-state index contributed by atoms with van der Waals surface area (Å²) >= 11 is 0. The summed E-state index contributed by atoms with van der Waals surface area (Å²) in [6.07, 6.45) is 1.37. The Balaban J connectivity index is 1.70. The topological polar surface area (TPSA) is 76.1 Å². The summed E-state index contributed by atoms with van der Waals surface area (Å²) < 4.78 is 5.40. The van der Waals surface area contributed by atoms with Gasteiger partial charge in [0, 0.05) is 17.4 Å². The van der Waals surface area contributed by atoms with Crippen LogP contribution in [0.15, 0.2) is 54.9 Å². The molecule has 6 nitrogen and oxygen atoms in total. The highest BCUT2D eigenvalue weighted by molar-refractivity contribution is 6.03. The number of hydrogen-bond donors (Lipinski definition) is 2. The fourth-order valence-corrected chi connectivity index (χ4v) is 2.51. The van der Waals surface area contributed by atoms with Crippen molar-refractivity contribution in [3.63, 3.8) is 0 Å². The van der Waals surface area contributed by atoms with Gasteiger partial charge in [0.05, 0.1) is 6.61 Å². The Morgan fingerprint density at radius 3 is 2.41 bits per heavy atom. The quantitative estimate of drug-likeness (QED) is 0.676. The lowest BCUT2D eigenvalue weighted by atomic mass is 10.1. The Kier molecular flexibility index (Phi) is 5.66. The molecule has 138 valence electrons. The number of carbonyl (C=O) groups excluding carboxylic acids is 1. The molecule has 1 amide bonds. The van der Waals surface area contributed by atoms with Crippen molar-refractivity contribution in [3.8, 4) is 5.75 Å². The van der Waals surface area contributed by atoms with Gasteiger partial charge in [0.25, 0.3) is 5.91 Å². The lowest BCUT2D eigenvalue weighted by molar-refractivity contribution is 0.102. The zero-order valence-corrected chi connectivity index (χ0v) is 15.6. The van der Waals surface area contributed by atoms with Crippen molar-refractivity contribution in [2.24, 2.45) is 0 Å². The number of benzene rings is 2. The third-order valence-corrected chi connectivity index (χ3v) is 4.10. The molecule has 2 N–H and O–H groups in total. The van der Waals surface area contributed by atoms with Crippen LogP contribution in [0.2, 0.25) is 0 Å². The fourth-order valence-electron chi connectivity index (χ4n) is 2.51. The van der Waals surface area contributed by atoms with E-state index in [0.29, 0.717) is 18.1 Å². The molecule has 1 aromatic heterocycles. The third-order valence-electron chi connectivity index (χ3n) is 4.10. The summed E-state index contributed by atoms with van der Waals surface area (Å²) in [6.45, 7) is 6.64. The third kappa shape index (κ3) is 4.82. The highest BCUT2D eigenvalue weighted by atomic mass is 16.5. The van der Waals surface area contributed by atoms with E-state index in [1.807, 2.05) is 37.3 Å². The number of amides is 1. The van der Waals surface area contributed by atoms with E-state index in [1.54, 1.807) is 18.2 Å². The van der Waals surface area contributed by atoms with Crippen LogP contribution in [0, 0.1) is 13.8 Å². The molecule has 0 atom stereocenters. The van der Waals surface area contributed by atoms with Gasteiger partial charge in [0.15, 0.2) is 0 Å². The average Bonchev–Trinajstić information content (AvgIpc) is 2.67. The molecule has 0 unspecified atom stereocenters. The van der Waals surface area contributed by atoms with Gasteiger partial charge in [-0.05, 0) is 68.3 Å². The Labute approximate surface area is 158 Å². The molecule has 0 aliphatic heterocycles. The second-order valence-electron chi connectivity index (χ2n) is 6.12. The number of aromatic nitrogens is 2. The minimum atomic E-state index is -0.301. The summed E-state index contributed by atoms with van der Waals surface area (Å²) in [4.78, 5) is 20.7. The van der Waals surface area contributed by atoms with Gasteiger partial charge < -0.3 is 15.4 Å². The minimum Gasteiger partial charge on any atom is -0.494 e. The molecule has 27 heavy (non-hydrogen) atoms. The Morgan fingerprint density at radius 2 is 1.70 bits per heavy atom. The standard InChI is InChI=1S/C21H22N4O2/c1-4-27-18-9-7-16(8-10-18)25-21(26)19-12-20(23-13-22-19)24-17-6-5-14(2)15(3)11-17/h5-13H,4H2,1-3H3,(H,25,26)(H,22,23,24). The number of anilines is 3. The molecule has 6 heteroatoms. The first-order valence-electron chi connectivity index (χ1n) is 8.75. The van der Waals surface area contributed by atoms with Crippen LogP contribution in [0.1, 0.15) is 28.5 Å². The Morgan fingerprint density at radius 1 is 0.963 bits per heavy atom. The summed E-state index contributed by atoms with van der Waals surface area (Å²) in [5.41, 5.74) is 4.27. The van der Waals surface area contributed by atoms with E-state index in [9.17, 15) is 4.79 Å². The van der Waals surface area contributed by atoms with Gasteiger partial charge in [-0.3, -0.25) is 4.79 Å². The number of aryl methyl sites for hydroxylation is 2. The van der Waals surface area contributed by atoms with E-state index in [2.05, 4.69) is 34.4 Å². The van der Waals surface area contributed by atoms with E-state index in [1.165, 1.54) is 17.5 Å². The van der Waals surface area contributed by atoms with Gasteiger partial charge in [-0.25, -0.2) is 9.97 Å². The van der Waals surface area contributed by atoms with Crippen molar-refractivity contribution < 1.29 is 9.53 Å². The average molecular weight is 362 g/mol. The molecule has 1 heterocycles. The molecule has 2 aromatic carbocycles. The van der Waals surface area contributed by atoms with Crippen LogP contribution in [0.5, 0.6) is 5.75 Å². The van der Waals surface area contributed by atoms with Crippen molar-refractivity contribution in [2.45, 2.75) is 20.8 Å². The van der Waals surface area contributed by atoms with Crippen LogP contribution in [-0.2, 0) is 0 Å². The molecular formula is C21H22N4O2. The molecule has 0 saturated carbocycles. The molecule has 0 radical (unpaired) electrons. The number of nitrogens with one attached hydrogen (secondary N) is 2. The number of nitrogens with zero attached hydrogens (tertiary/aromatic N) is 2. The number of carbonyl (C=O) groups is 1. The van der Waals surface area contributed by atoms with Crippen LogP contribution < -0.4 is 15.4 Å². The van der Waals surface area contributed by atoms with E-state index < -0.39 is 0 Å². The SMILES string of the molecule is CCOc1ccc(NC(=O)c2cc(Nc3ccc(C)c(C)c3)ncn2)cc1. The fraction of sp³-hybridized carbons (Fsp3) is 0.190. The summed E-state index contributed by atoms with van der Waals surface area (Å²) in [7, 11) is 0. The summed E-state index contributed by atoms with van der Waals surface area (Å²) in [5, 5.41) is 6.03. The summed E-state index contributed by atoms with van der Waals surface area (Å²) in [5.74, 6) is 1.02. The maximum atomic E-state index is 12.5. The number of ether oxygens (including phenoxy) is 1. The van der Waals surface area contributed by atoms with Crippen molar-refractivity contribution in [3.05, 3.63) is 71.7 Å². The van der Waals surface area contributed by atoms with Gasteiger partial charge in [-0.15, -0.1) is 0 Å². The normalized spacial score (nSPS) is 10.3. The first kappa shape index (κ1) is 18.4. The molecule has 0 fully saturated rings. The van der Waals surface area contributed by atoms with E-state index in [-0.39, 0.29) is 11.6 Å². The zero-order valence-electron chi connectivity index (χ0n) is 15.6. The molecule has 0 aliphatic carbocycles. The van der Waals surface area contributed by atoms with Crippen molar-refractivity contribution in [2.75, 3.05) is 17.2 Å². The summed E-state index contributed by atoms with van der Waals surface area (Å²) in [6, 6.07) is 14.9. The van der Waals surface area contributed by atoms with Crippen LogP contribution >= 0.6 is 0 Å². The molecule has 0 bridgehead atoms. The van der Waals surface area contributed by atoms with Gasteiger partial charge >= 0.3 is 0 Å². The maximum absolute atomic E-state index is 12.5. The lowest BCUT2D eigenvalue weighted by Crippen LogP contribution is -2.14. The van der Waals surface area contributed by atoms with E-state index in [4.69, 9.17) is 4.74 Å². The van der Waals surface area contributed by atoms with Crippen molar-refractivity contribution >= 4 is 23.1 Å². The zero-order chi connectivity index (χ0) is 19.2. The first-order valence-corrected chi connectivity index (χ1v) is 8.75.